The second kappa shape index (κ2) is 26.3. The maximum Gasteiger partial charge on any atom is 0.143 e. The highest BCUT2D eigenvalue weighted by Crippen LogP contribution is 2.50. The molecule has 24 aromatic rings. The molecule has 0 saturated heterocycles. The molecule has 4 aromatic heterocycles. The Bertz CT molecular complexity index is 7900. The van der Waals surface area contributed by atoms with Gasteiger partial charge in [0.05, 0.1) is 27.8 Å². The number of rotatable bonds is 9. The maximum atomic E-state index is 6.49. The predicted octanol–water partition coefficient (Wildman–Crippen LogP) is 30.8. The fraction of sp³-hybridized carbons (Fsp3) is 0. The molecule has 0 radical (unpaired) electrons. The Morgan fingerprint density at radius 2 is 0.474 bits per heavy atom. The molecule has 0 amide bonds. The van der Waals surface area contributed by atoms with Crippen molar-refractivity contribution in [1.29, 1.82) is 0 Å². The monoisotopic (exact) mass is 1450 g/mol. The molecule has 4 heterocycles. The first-order valence-corrected chi connectivity index (χ1v) is 39.2. The van der Waals surface area contributed by atoms with Crippen LogP contribution in [0, 0.1) is 0 Å². The summed E-state index contributed by atoms with van der Waals surface area (Å²) in [5.41, 5.74) is 27.6. The largest absolute Gasteiger partial charge is 0.455 e. The number of aromatic nitrogens is 2. The van der Waals surface area contributed by atoms with Crippen LogP contribution in [0.5, 0.6) is 0 Å². The molecule has 114 heavy (non-hydrogen) atoms. The third kappa shape index (κ3) is 10.2. The van der Waals surface area contributed by atoms with Crippen molar-refractivity contribution in [2.75, 3.05) is 0 Å². The highest BCUT2D eigenvalue weighted by atomic mass is 16.3. The molecule has 0 saturated carbocycles. The Hall–Kier alpha value is -15.1. The van der Waals surface area contributed by atoms with Gasteiger partial charge in [0.25, 0.3) is 0 Å². The van der Waals surface area contributed by atoms with Crippen LogP contribution in [-0.4, -0.2) is 9.13 Å². The summed E-state index contributed by atoms with van der Waals surface area (Å²) < 4.78 is 17.8. The minimum Gasteiger partial charge on any atom is -0.455 e. The van der Waals surface area contributed by atoms with E-state index in [1.165, 1.54) is 153 Å². The summed E-state index contributed by atoms with van der Waals surface area (Å²) >= 11 is 0. The summed E-state index contributed by atoms with van der Waals surface area (Å²) in [7, 11) is 0. The van der Waals surface area contributed by atoms with E-state index in [1.54, 1.807) is 0 Å². The van der Waals surface area contributed by atoms with E-state index in [2.05, 4.69) is 403 Å². The van der Waals surface area contributed by atoms with Gasteiger partial charge < -0.3 is 18.0 Å². The Kier molecular flexibility index (Phi) is 15.0. The van der Waals surface area contributed by atoms with Crippen molar-refractivity contribution in [3.63, 3.8) is 0 Å². The molecule has 4 nitrogen and oxygen atoms in total. The molecule has 0 aliphatic carbocycles. The van der Waals surface area contributed by atoms with Gasteiger partial charge in [-0.3, -0.25) is 0 Å². The molecule has 0 fully saturated rings. The van der Waals surface area contributed by atoms with Crippen LogP contribution in [0.25, 0.3) is 231 Å². The van der Waals surface area contributed by atoms with Crippen molar-refractivity contribution in [1.82, 2.24) is 9.13 Å². The van der Waals surface area contributed by atoms with E-state index >= 15 is 0 Å². The molecule has 0 N–H and O–H groups in total. The summed E-state index contributed by atoms with van der Waals surface area (Å²) in [6.45, 7) is 0. The number of benzene rings is 20. The first-order valence-electron chi connectivity index (χ1n) is 39.2. The van der Waals surface area contributed by atoms with Gasteiger partial charge in [0.1, 0.15) is 22.3 Å². The molecular weight excluding hydrogens is 1380 g/mol. The highest BCUT2D eigenvalue weighted by Gasteiger charge is 2.24. The smallest absolute Gasteiger partial charge is 0.143 e. The molecule has 530 valence electrons. The zero-order valence-corrected chi connectivity index (χ0v) is 62.0. The van der Waals surface area contributed by atoms with Gasteiger partial charge in [-0.1, -0.05) is 346 Å². The Labute approximate surface area is 656 Å². The summed E-state index contributed by atoms with van der Waals surface area (Å²) in [6.07, 6.45) is 0. The van der Waals surface area contributed by atoms with E-state index in [1.807, 2.05) is 18.2 Å². The summed E-state index contributed by atoms with van der Waals surface area (Å²) in [4.78, 5) is 0. The lowest BCUT2D eigenvalue weighted by atomic mass is 9.84. The van der Waals surface area contributed by atoms with Gasteiger partial charge in [0.2, 0.25) is 0 Å². The molecule has 0 spiro atoms. The number of furan rings is 2. The number of para-hydroxylation sites is 6. The fourth-order valence-corrected chi connectivity index (χ4v) is 18.8. The van der Waals surface area contributed by atoms with Crippen molar-refractivity contribution < 1.29 is 8.83 Å². The molecular formula is C110H68N2O2. The zero-order chi connectivity index (χ0) is 74.9. The number of nitrogens with zero attached hydrogens (tertiary/aromatic N) is 2. The van der Waals surface area contributed by atoms with Crippen LogP contribution in [0.2, 0.25) is 0 Å². The van der Waals surface area contributed by atoms with Gasteiger partial charge in [-0.05, 0) is 182 Å². The predicted molar refractivity (Wildman–Crippen MR) is 482 cm³/mol. The molecule has 20 aromatic carbocycles. The third-order valence-electron chi connectivity index (χ3n) is 23.8. The standard InChI is InChI=1S/C56H35NO.C54H33NO/c1-2-13-38(14-3-1)54-45-17-4-6-19-47(45)55(48-20-7-5-18-46(48)54)39-27-25-36(26-28-39)37-29-32-41(33-30-37)57-51-23-10-8-15-43(51)50-35-40(31-34-52(50)57)42-21-12-22-49-44-16-9-11-24-53(44)58-56(42)49;1-2-15-34(16-3-1)52-41-21-6-8-23-43(41)53(44-24-9-7-22-42(44)52)45-30-32-49(38-18-5-4-17-37(38)45)55-48-27-12-10-19-39(48)47-33-35(29-31-50(47)55)36-25-14-26-46-40-20-11-13-28-51(40)56-54(36)46/h1-35H;1-33H. The quantitative estimate of drug-likeness (QED) is 0.135. The SMILES string of the molecule is c1ccc(-c2c3ccccc3c(-c3ccc(-c4ccc(-n5c6ccccc6c6cc(-c7cccc8c7oc7ccccc78)ccc65)cc4)cc3)c3ccccc23)cc1.c1ccc(-c2c3ccccc3c(-c3ccc(-n4c5ccccc5c5cc(-c6cccc7c6oc6ccccc67)ccc54)c4ccccc34)c3ccccc23)cc1. The van der Waals surface area contributed by atoms with E-state index in [0.717, 1.165) is 77.5 Å². The molecule has 0 unspecified atom stereocenters. The first kappa shape index (κ1) is 64.8. The summed E-state index contributed by atoms with van der Waals surface area (Å²) in [6, 6.07) is 150. The number of hydrogen-bond acceptors (Lipinski definition) is 2. The van der Waals surface area contributed by atoms with Crippen molar-refractivity contribution >= 4 is 141 Å². The van der Waals surface area contributed by atoms with Gasteiger partial charge >= 0.3 is 0 Å². The number of fused-ring (bicyclic) bond motifs is 17. The Morgan fingerprint density at radius 1 is 0.158 bits per heavy atom. The maximum absolute atomic E-state index is 6.49. The van der Waals surface area contributed by atoms with E-state index in [-0.39, 0.29) is 0 Å². The van der Waals surface area contributed by atoms with Gasteiger partial charge in [-0.15, -0.1) is 0 Å². The first-order chi connectivity index (χ1) is 56.6. The molecule has 24 rings (SSSR count). The molecule has 0 aliphatic heterocycles. The van der Waals surface area contributed by atoms with Crippen LogP contribution < -0.4 is 0 Å². The molecule has 0 aliphatic rings. The normalized spacial score (nSPS) is 11.9. The van der Waals surface area contributed by atoms with E-state index in [4.69, 9.17) is 8.83 Å². The van der Waals surface area contributed by atoms with Gasteiger partial charge in [0, 0.05) is 65.3 Å². The second-order valence-electron chi connectivity index (χ2n) is 29.9. The Morgan fingerprint density at radius 3 is 0.930 bits per heavy atom. The number of hydrogen-bond donors (Lipinski definition) is 0. The topological polar surface area (TPSA) is 36.1 Å². The average molecular weight is 1450 g/mol. The lowest BCUT2D eigenvalue weighted by Gasteiger charge is -2.20. The van der Waals surface area contributed by atoms with Gasteiger partial charge in [-0.25, -0.2) is 0 Å². The van der Waals surface area contributed by atoms with Crippen LogP contribution in [0.15, 0.2) is 421 Å². The zero-order valence-electron chi connectivity index (χ0n) is 62.0. The lowest BCUT2D eigenvalue weighted by Crippen LogP contribution is -1.97. The van der Waals surface area contributed by atoms with E-state index in [0.29, 0.717) is 0 Å². The van der Waals surface area contributed by atoms with Crippen molar-refractivity contribution in [2.45, 2.75) is 0 Å². The summed E-state index contributed by atoms with van der Waals surface area (Å²) in [5.74, 6) is 0. The Balaban J connectivity index is 0.000000135. The second-order valence-corrected chi connectivity index (χ2v) is 29.9. The molecule has 4 heteroatoms. The minimum atomic E-state index is 0.913. The van der Waals surface area contributed by atoms with Crippen LogP contribution in [0.3, 0.4) is 0 Å². The lowest BCUT2D eigenvalue weighted by molar-refractivity contribution is 0.669. The van der Waals surface area contributed by atoms with Crippen molar-refractivity contribution in [3.05, 3.63) is 413 Å². The highest BCUT2D eigenvalue weighted by molar-refractivity contribution is 6.26. The molecule has 0 atom stereocenters. The van der Waals surface area contributed by atoms with E-state index in [9.17, 15) is 0 Å². The van der Waals surface area contributed by atoms with Crippen LogP contribution >= 0.6 is 0 Å². The minimum absolute atomic E-state index is 0.913. The molecule has 0 bridgehead atoms. The van der Waals surface area contributed by atoms with Gasteiger partial charge in [0.15, 0.2) is 0 Å². The van der Waals surface area contributed by atoms with Crippen molar-refractivity contribution in [3.8, 4) is 89.3 Å². The van der Waals surface area contributed by atoms with Crippen LogP contribution in [-0.2, 0) is 0 Å². The van der Waals surface area contributed by atoms with Crippen LogP contribution in [0.4, 0.5) is 0 Å². The average Bonchev–Trinajstić information content (AvgIpc) is 1.02. The van der Waals surface area contributed by atoms with E-state index < -0.39 is 0 Å². The fourth-order valence-electron chi connectivity index (χ4n) is 18.8. The third-order valence-corrected chi connectivity index (χ3v) is 23.8. The van der Waals surface area contributed by atoms with Crippen LogP contribution in [0.1, 0.15) is 0 Å². The summed E-state index contributed by atoms with van der Waals surface area (Å²) in [5, 5.41) is 22.0. The van der Waals surface area contributed by atoms with Crippen molar-refractivity contribution in [2.24, 2.45) is 0 Å². The van der Waals surface area contributed by atoms with Gasteiger partial charge in [-0.2, -0.15) is 0 Å².